The minimum Gasteiger partial charge on any atom is -0.459 e. The Labute approximate surface area is 235 Å². The zero-order valence-electron chi connectivity index (χ0n) is 20.7. The number of rotatable bonds is 5. The molecule has 1 aliphatic heterocycles. The summed E-state index contributed by atoms with van der Waals surface area (Å²) in [5.74, 6) is -4.08. The van der Waals surface area contributed by atoms with E-state index in [2.05, 4.69) is 0 Å². The molecule has 7 rings (SSSR count). The first-order valence-electron chi connectivity index (χ1n) is 12.5. The van der Waals surface area contributed by atoms with Crippen LogP contribution in [0.25, 0.3) is 0 Å². The Morgan fingerprint density at radius 2 is 1.24 bits per heavy atom. The number of ether oxygens (including phenoxy) is 1. The van der Waals surface area contributed by atoms with E-state index in [-0.39, 0.29) is 6.61 Å². The van der Waals surface area contributed by atoms with Crippen molar-refractivity contribution < 1.29 is 19.1 Å². The zero-order valence-corrected chi connectivity index (χ0v) is 22.9. The lowest BCUT2D eigenvalue weighted by Crippen LogP contribution is -2.57. The van der Waals surface area contributed by atoms with Crippen molar-refractivity contribution >= 4 is 52.6 Å². The van der Waals surface area contributed by atoms with Crippen LogP contribution in [0.3, 0.4) is 0 Å². The van der Waals surface area contributed by atoms with Gasteiger partial charge in [0.05, 0.1) is 11.8 Å². The number of hydrogen-bond donors (Lipinski definition) is 0. The molecule has 38 heavy (non-hydrogen) atoms. The molecule has 0 radical (unpaired) electrons. The first-order valence-corrected chi connectivity index (χ1v) is 13.6. The number of halogens is 3. The van der Waals surface area contributed by atoms with E-state index in [9.17, 15) is 14.4 Å². The molecule has 3 aromatic rings. The molecule has 0 N–H and O–H groups in total. The minimum absolute atomic E-state index is 0.0828. The second-order valence-electron chi connectivity index (χ2n) is 10.4. The van der Waals surface area contributed by atoms with Crippen molar-refractivity contribution in [2.24, 2.45) is 17.8 Å². The van der Waals surface area contributed by atoms with Crippen molar-refractivity contribution in [1.82, 2.24) is 4.90 Å². The topological polar surface area (TPSA) is 63.7 Å². The highest BCUT2D eigenvalue weighted by molar-refractivity contribution is 6.36. The zero-order chi connectivity index (χ0) is 27.0. The van der Waals surface area contributed by atoms with Crippen LogP contribution in [0.5, 0.6) is 0 Å². The van der Waals surface area contributed by atoms with Crippen LogP contribution in [0.15, 0.2) is 72.8 Å². The molecule has 3 aliphatic carbocycles. The molecule has 0 aromatic heterocycles. The molecule has 1 fully saturated rings. The quantitative estimate of drug-likeness (QED) is 0.215. The lowest BCUT2D eigenvalue weighted by molar-refractivity contribution is -0.162. The third-order valence-electron chi connectivity index (χ3n) is 8.10. The average molecular weight is 569 g/mol. The molecule has 4 aliphatic rings. The maximum Gasteiger partial charge on any atom is 0.329 e. The van der Waals surface area contributed by atoms with Crippen LogP contribution < -0.4 is 0 Å². The number of alkyl halides is 2. The van der Waals surface area contributed by atoms with Crippen LogP contribution in [0.2, 0.25) is 5.02 Å². The molecule has 1 heterocycles. The molecule has 2 bridgehead atoms. The molecule has 3 aromatic carbocycles. The number of esters is 1. The van der Waals surface area contributed by atoms with Crippen LogP contribution >= 0.6 is 34.8 Å². The second kappa shape index (κ2) is 8.84. The summed E-state index contributed by atoms with van der Waals surface area (Å²) in [6.07, 6.45) is 0. The fourth-order valence-electron chi connectivity index (χ4n) is 6.49. The summed E-state index contributed by atoms with van der Waals surface area (Å²) in [4.78, 5) is 40.3. The fraction of sp³-hybridized carbons (Fsp3) is 0.300. The molecule has 5 nitrogen and oxygen atoms in total. The van der Waals surface area contributed by atoms with Gasteiger partial charge in [-0.15, -0.1) is 23.2 Å². The minimum atomic E-state index is -1.31. The number of carbonyl (C=O) groups excluding carboxylic acids is 3. The van der Waals surface area contributed by atoms with E-state index in [1.165, 1.54) is 0 Å². The number of carbonyl (C=O) groups is 3. The van der Waals surface area contributed by atoms with Crippen molar-refractivity contribution in [3.63, 3.8) is 0 Å². The summed E-state index contributed by atoms with van der Waals surface area (Å²) in [6.45, 7) is 3.46. The molecule has 1 saturated heterocycles. The van der Waals surface area contributed by atoms with Crippen LogP contribution in [0.4, 0.5) is 0 Å². The number of hydrogen-bond acceptors (Lipinski definition) is 4. The summed E-state index contributed by atoms with van der Waals surface area (Å²) < 4.78 is 5.60. The highest BCUT2D eigenvalue weighted by Gasteiger charge is 2.74. The normalized spacial score (nSPS) is 27.7. The maximum absolute atomic E-state index is 14.2. The van der Waals surface area contributed by atoms with E-state index in [0.717, 1.165) is 4.90 Å². The molecule has 0 saturated carbocycles. The third-order valence-corrected chi connectivity index (χ3v) is 9.75. The number of amides is 2. The fourth-order valence-corrected chi connectivity index (χ4v) is 7.78. The number of likely N-dealkylation sites (tertiary alicyclic amines) is 1. The van der Waals surface area contributed by atoms with E-state index in [4.69, 9.17) is 39.5 Å². The van der Waals surface area contributed by atoms with E-state index >= 15 is 0 Å². The molecule has 3 atom stereocenters. The average Bonchev–Trinajstić information content (AvgIpc) is 3.18. The Hall–Kier alpha value is -2.86. The van der Waals surface area contributed by atoms with Gasteiger partial charge in [-0.2, -0.15) is 0 Å². The number of nitrogens with zero attached hydrogens (tertiary/aromatic N) is 1. The Morgan fingerprint density at radius 3 is 1.66 bits per heavy atom. The van der Waals surface area contributed by atoms with Crippen molar-refractivity contribution in [3.05, 3.63) is 106 Å². The van der Waals surface area contributed by atoms with Crippen LogP contribution in [0.1, 0.15) is 41.7 Å². The molecular weight excluding hydrogens is 545 g/mol. The Bertz CT molecular complexity index is 1380. The van der Waals surface area contributed by atoms with Gasteiger partial charge >= 0.3 is 5.97 Å². The van der Waals surface area contributed by atoms with Crippen LogP contribution in [0, 0.1) is 17.8 Å². The molecule has 2 amide bonds. The Morgan fingerprint density at radius 1 is 0.816 bits per heavy atom. The smallest absolute Gasteiger partial charge is 0.329 e. The summed E-state index contributed by atoms with van der Waals surface area (Å²) in [7, 11) is 0. The van der Waals surface area contributed by atoms with Crippen molar-refractivity contribution in [2.45, 2.75) is 36.2 Å². The predicted octanol–water partition coefficient (Wildman–Crippen LogP) is 6.00. The van der Waals surface area contributed by atoms with E-state index in [1.54, 1.807) is 38.1 Å². The van der Waals surface area contributed by atoms with E-state index < -0.39 is 51.3 Å². The van der Waals surface area contributed by atoms with Crippen LogP contribution in [-0.2, 0) is 35.5 Å². The predicted molar refractivity (Wildman–Crippen MR) is 145 cm³/mol. The summed E-state index contributed by atoms with van der Waals surface area (Å²) in [5.41, 5.74) is 3.47. The van der Waals surface area contributed by atoms with Gasteiger partial charge in [0.2, 0.25) is 11.8 Å². The Balaban J connectivity index is 1.43. The van der Waals surface area contributed by atoms with Gasteiger partial charge in [0.1, 0.15) is 22.4 Å². The second-order valence-corrected chi connectivity index (χ2v) is 12.0. The highest BCUT2D eigenvalue weighted by Crippen LogP contribution is 2.69. The monoisotopic (exact) mass is 567 g/mol. The number of imide groups is 1. The molecule has 0 spiro atoms. The number of benzene rings is 3. The lowest BCUT2D eigenvalue weighted by Gasteiger charge is -2.54. The first-order chi connectivity index (χ1) is 18.1. The highest BCUT2D eigenvalue weighted by atomic mass is 35.5. The van der Waals surface area contributed by atoms with E-state index in [0.29, 0.717) is 32.8 Å². The molecule has 8 heteroatoms. The van der Waals surface area contributed by atoms with Gasteiger partial charge in [0, 0.05) is 10.6 Å². The molecule has 194 valence electrons. The molecule has 0 unspecified atom stereocenters. The Kier molecular flexibility index (Phi) is 5.91. The van der Waals surface area contributed by atoms with Gasteiger partial charge in [-0.05, 0) is 34.2 Å². The standard InChI is InChI=1S/C30H24Cl3NO4/c1-16(2)25(28(37)38-15-17-9-3-8-14-22(17)31)34-26(35)23-24(27(34)36)30(33)19-11-5-4-10-18(19)29(23,32)20-12-6-7-13-21(20)30/h3-14,16,23-25H,15H2,1-2H3/t23-,24+,25-,29?,30?/m0/s1. The SMILES string of the molecule is CC(C)[C@@H](C(=O)OCc1ccccc1Cl)N1C(=O)[C@@H]2[C@H](C1=O)C1(Cl)c3ccccc3C2(Cl)c2ccccc21. The van der Waals surface area contributed by atoms with Crippen molar-refractivity contribution in [3.8, 4) is 0 Å². The summed E-state index contributed by atoms with van der Waals surface area (Å²) in [6, 6.07) is 20.7. The van der Waals surface area contributed by atoms with Gasteiger partial charge in [0.15, 0.2) is 0 Å². The van der Waals surface area contributed by atoms with Crippen LogP contribution in [-0.4, -0.2) is 28.7 Å². The summed E-state index contributed by atoms with van der Waals surface area (Å²) in [5, 5.41) is 0.459. The van der Waals surface area contributed by atoms with Crippen molar-refractivity contribution in [1.29, 1.82) is 0 Å². The van der Waals surface area contributed by atoms with Gasteiger partial charge in [-0.3, -0.25) is 14.5 Å². The largest absolute Gasteiger partial charge is 0.459 e. The first kappa shape index (κ1) is 25.4. The van der Waals surface area contributed by atoms with Gasteiger partial charge in [0.25, 0.3) is 0 Å². The maximum atomic E-state index is 14.2. The third kappa shape index (κ3) is 3.22. The van der Waals surface area contributed by atoms with E-state index in [1.807, 2.05) is 48.5 Å². The van der Waals surface area contributed by atoms with Crippen molar-refractivity contribution in [2.75, 3.05) is 0 Å². The summed E-state index contributed by atoms with van der Waals surface area (Å²) >= 11 is 21.2. The molecular formula is C30H24Cl3NO4. The van der Waals surface area contributed by atoms with Gasteiger partial charge in [-0.1, -0.05) is 92.2 Å². The van der Waals surface area contributed by atoms with Gasteiger partial charge < -0.3 is 4.74 Å². The lowest BCUT2D eigenvalue weighted by atomic mass is 9.54. The van der Waals surface area contributed by atoms with Gasteiger partial charge in [-0.25, -0.2) is 4.79 Å².